The summed E-state index contributed by atoms with van der Waals surface area (Å²) >= 11 is 12.1. The van der Waals surface area contributed by atoms with Crippen molar-refractivity contribution in [3.8, 4) is 0 Å². The van der Waals surface area contributed by atoms with Crippen LogP contribution in [-0.2, 0) is 6.42 Å². The Hall–Kier alpha value is -2.27. The Balaban J connectivity index is 1.85. The quantitative estimate of drug-likeness (QED) is 0.396. The fraction of sp³-hybridized carbons (Fsp3) is 0.150. The minimum atomic E-state index is 0.479. The Kier molecular flexibility index (Phi) is 4.72. The van der Waals surface area contributed by atoms with Crippen LogP contribution in [0.4, 0.5) is 11.4 Å². The summed E-state index contributed by atoms with van der Waals surface area (Å²) in [6, 6.07) is 13.9. The Morgan fingerprint density at radius 1 is 1.00 bits per heavy atom. The molecule has 3 N–H and O–H groups in total. The summed E-state index contributed by atoms with van der Waals surface area (Å²) in [5, 5.41) is 10.1. The number of hydrogen-bond acceptors (Lipinski definition) is 3. The van der Waals surface area contributed by atoms with Gasteiger partial charge in [-0.1, -0.05) is 23.2 Å². The van der Waals surface area contributed by atoms with Gasteiger partial charge in [-0.15, -0.1) is 0 Å². The van der Waals surface area contributed by atoms with E-state index in [4.69, 9.17) is 23.2 Å². The number of hydrogen-bond donors (Lipinski definition) is 3. The number of pyridine rings is 1. The molecule has 4 nitrogen and oxygen atoms in total. The highest BCUT2D eigenvalue weighted by Crippen LogP contribution is 2.33. The number of anilines is 2. The van der Waals surface area contributed by atoms with Gasteiger partial charge in [0.15, 0.2) is 0 Å². The number of nitrogens with zero attached hydrogens (tertiary/aromatic N) is 1. The lowest BCUT2D eigenvalue weighted by atomic mass is 10.0. The molecule has 0 fully saturated rings. The van der Waals surface area contributed by atoms with E-state index in [0.29, 0.717) is 5.15 Å². The minimum absolute atomic E-state index is 0.479. The van der Waals surface area contributed by atoms with Crippen LogP contribution in [0, 0.1) is 0 Å². The fourth-order valence-corrected chi connectivity index (χ4v) is 3.47. The van der Waals surface area contributed by atoms with E-state index in [9.17, 15) is 0 Å². The molecule has 0 unspecified atom stereocenters. The molecule has 0 aliphatic rings. The standard InChI is InChI=1S/C20H18Cl2N4/c1-23-7-6-12-8-15(25-14-3-5-19(22)24-11-14)10-17-16-9-13(21)2-4-18(16)26-20(12)17/h2-5,8-11,23,25-26H,6-7H2,1H3. The minimum Gasteiger partial charge on any atom is -0.354 e. The summed E-state index contributed by atoms with van der Waals surface area (Å²) in [6.07, 6.45) is 2.65. The molecule has 0 saturated carbocycles. The second kappa shape index (κ2) is 7.16. The lowest BCUT2D eigenvalue weighted by molar-refractivity contribution is 0.794. The highest BCUT2D eigenvalue weighted by molar-refractivity contribution is 6.32. The smallest absolute Gasteiger partial charge is 0.129 e. The molecule has 4 rings (SSSR count). The van der Waals surface area contributed by atoms with Crippen molar-refractivity contribution >= 4 is 56.4 Å². The molecule has 26 heavy (non-hydrogen) atoms. The Labute approximate surface area is 161 Å². The van der Waals surface area contributed by atoms with Gasteiger partial charge >= 0.3 is 0 Å². The van der Waals surface area contributed by atoms with Crippen molar-refractivity contribution in [2.75, 3.05) is 18.9 Å². The topological polar surface area (TPSA) is 52.7 Å². The van der Waals surface area contributed by atoms with Crippen molar-refractivity contribution in [1.82, 2.24) is 15.3 Å². The van der Waals surface area contributed by atoms with E-state index < -0.39 is 0 Å². The molecule has 0 aliphatic heterocycles. The van der Waals surface area contributed by atoms with Crippen molar-refractivity contribution in [2.45, 2.75) is 6.42 Å². The summed E-state index contributed by atoms with van der Waals surface area (Å²) in [5.74, 6) is 0. The van der Waals surface area contributed by atoms with Gasteiger partial charge in [-0.2, -0.15) is 0 Å². The van der Waals surface area contributed by atoms with Crippen molar-refractivity contribution in [3.63, 3.8) is 0 Å². The predicted molar refractivity (Wildman–Crippen MR) is 111 cm³/mol. The molecule has 0 bridgehead atoms. The number of fused-ring (bicyclic) bond motifs is 3. The Bertz CT molecular complexity index is 1070. The molecule has 0 saturated heterocycles. The van der Waals surface area contributed by atoms with Crippen LogP contribution in [0.1, 0.15) is 5.56 Å². The lowest BCUT2D eigenvalue weighted by Crippen LogP contribution is -2.10. The molecule has 0 aliphatic carbocycles. The third-order valence-corrected chi connectivity index (χ3v) is 4.87. The maximum Gasteiger partial charge on any atom is 0.129 e. The van der Waals surface area contributed by atoms with Crippen LogP contribution in [0.2, 0.25) is 10.2 Å². The fourth-order valence-electron chi connectivity index (χ4n) is 3.19. The van der Waals surface area contributed by atoms with E-state index >= 15 is 0 Å². The Morgan fingerprint density at radius 2 is 1.88 bits per heavy atom. The molecule has 2 aromatic carbocycles. The normalized spacial score (nSPS) is 11.3. The van der Waals surface area contributed by atoms with E-state index in [1.165, 1.54) is 5.56 Å². The van der Waals surface area contributed by atoms with Gasteiger partial charge in [0, 0.05) is 32.5 Å². The molecule has 0 atom stereocenters. The first-order valence-electron chi connectivity index (χ1n) is 8.41. The van der Waals surface area contributed by atoms with Crippen LogP contribution in [0.15, 0.2) is 48.7 Å². The first-order chi connectivity index (χ1) is 12.6. The predicted octanol–water partition coefficient (Wildman–Crippen LogP) is 5.53. The van der Waals surface area contributed by atoms with Crippen LogP contribution in [0.3, 0.4) is 0 Å². The van der Waals surface area contributed by atoms with E-state index in [1.807, 2.05) is 31.3 Å². The third kappa shape index (κ3) is 3.36. The number of aromatic amines is 1. The average molecular weight is 385 g/mol. The zero-order chi connectivity index (χ0) is 18.1. The first-order valence-corrected chi connectivity index (χ1v) is 9.16. The van der Waals surface area contributed by atoms with E-state index in [1.54, 1.807) is 12.3 Å². The van der Waals surface area contributed by atoms with Crippen molar-refractivity contribution in [3.05, 3.63) is 64.4 Å². The summed E-state index contributed by atoms with van der Waals surface area (Å²) < 4.78 is 0. The Morgan fingerprint density at radius 3 is 2.65 bits per heavy atom. The number of benzene rings is 2. The third-order valence-electron chi connectivity index (χ3n) is 4.41. The molecule has 0 amide bonds. The van der Waals surface area contributed by atoms with Gasteiger partial charge in [0.05, 0.1) is 11.9 Å². The lowest BCUT2D eigenvalue weighted by Gasteiger charge is -2.10. The van der Waals surface area contributed by atoms with E-state index in [0.717, 1.165) is 51.2 Å². The second-order valence-electron chi connectivity index (χ2n) is 6.22. The molecule has 0 spiro atoms. The summed E-state index contributed by atoms with van der Waals surface area (Å²) in [5.41, 5.74) is 5.38. The zero-order valence-electron chi connectivity index (χ0n) is 14.2. The monoisotopic (exact) mass is 384 g/mol. The van der Waals surface area contributed by atoms with Gasteiger partial charge in [0.25, 0.3) is 0 Å². The zero-order valence-corrected chi connectivity index (χ0v) is 15.7. The van der Waals surface area contributed by atoms with Crippen LogP contribution in [0.5, 0.6) is 0 Å². The van der Waals surface area contributed by atoms with Gasteiger partial charge < -0.3 is 15.6 Å². The molecule has 4 aromatic rings. The number of rotatable bonds is 5. The van der Waals surface area contributed by atoms with Crippen molar-refractivity contribution < 1.29 is 0 Å². The summed E-state index contributed by atoms with van der Waals surface area (Å²) in [4.78, 5) is 7.67. The van der Waals surface area contributed by atoms with E-state index in [2.05, 4.69) is 32.7 Å². The van der Waals surface area contributed by atoms with Gasteiger partial charge in [0.1, 0.15) is 5.15 Å². The number of halogens is 2. The van der Waals surface area contributed by atoms with Crippen molar-refractivity contribution in [2.24, 2.45) is 0 Å². The highest BCUT2D eigenvalue weighted by atomic mass is 35.5. The van der Waals surface area contributed by atoms with Crippen LogP contribution in [0.25, 0.3) is 21.8 Å². The average Bonchev–Trinajstić information content (AvgIpc) is 3.00. The molecular weight excluding hydrogens is 367 g/mol. The largest absolute Gasteiger partial charge is 0.354 e. The molecule has 0 radical (unpaired) electrons. The number of nitrogens with one attached hydrogen (secondary N) is 3. The first kappa shape index (κ1) is 17.2. The van der Waals surface area contributed by atoms with Crippen molar-refractivity contribution in [1.29, 1.82) is 0 Å². The maximum absolute atomic E-state index is 6.22. The van der Waals surface area contributed by atoms with Crippen LogP contribution in [-0.4, -0.2) is 23.6 Å². The molecule has 2 heterocycles. The number of H-pyrrole nitrogens is 1. The SMILES string of the molecule is CNCCc1cc(Nc2ccc(Cl)nc2)cc2c1[nH]c1ccc(Cl)cc12. The molecule has 2 aromatic heterocycles. The molecule has 132 valence electrons. The second-order valence-corrected chi connectivity index (χ2v) is 7.04. The highest BCUT2D eigenvalue weighted by Gasteiger charge is 2.11. The van der Waals surface area contributed by atoms with Crippen LogP contribution < -0.4 is 10.6 Å². The van der Waals surface area contributed by atoms with Crippen LogP contribution >= 0.6 is 23.2 Å². The maximum atomic E-state index is 6.22. The van der Waals surface area contributed by atoms with Gasteiger partial charge in [-0.25, -0.2) is 4.98 Å². The summed E-state index contributed by atoms with van der Waals surface area (Å²) in [7, 11) is 1.96. The van der Waals surface area contributed by atoms with Gasteiger partial charge in [-0.3, -0.25) is 0 Å². The number of aromatic nitrogens is 2. The molecular formula is C20H18Cl2N4. The van der Waals surface area contributed by atoms with Gasteiger partial charge in [-0.05, 0) is 68.0 Å². The van der Waals surface area contributed by atoms with E-state index in [-0.39, 0.29) is 0 Å². The molecule has 6 heteroatoms. The number of likely N-dealkylation sites (N-methyl/N-ethyl adjacent to an activating group) is 1. The summed E-state index contributed by atoms with van der Waals surface area (Å²) in [6.45, 7) is 0.900. The van der Waals surface area contributed by atoms with Gasteiger partial charge in [0.2, 0.25) is 0 Å².